The molecule has 2 aliphatic heterocycles. The van der Waals surface area contributed by atoms with Gasteiger partial charge in [0.2, 0.25) is 0 Å². The molecule has 3 unspecified atom stereocenters. The molecule has 1 spiro atoms. The van der Waals surface area contributed by atoms with Crippen molar-refractivity contribution in [3.05, 3.63) is 35.4 Å². The molecule has 0 bridgehead atoms. The Balaban J connectivity index is 1.70. The number of aryl methyl sites for hydroxylation is 1. The van der Waals surface area contributed by atoms with Crippen LogP contribution < -0.4 is 0 Å². The molecule has 0 aromatic heterocycles. The molecular weight excluding hydrogens is 268 g/mol. The van der Waals surface area contributed by atoms with E-state index in [0.29, 0.717) is 5.92 Å². The van der Waals surface area contributed by atoms with E-state index < -0.39 is 0 Å². The maximum absolute atomic E-state index is 10.7. The van der Waals surface area contributed by atoms with Crippen molar-refractivity contribution in [2.75, 3.05) is 18.1 Å². The van der Waals surface area contributed by atoms with E-state index in [4.69, 9.17) is 4.74 Å². The molecule has 0 amide bonds. The van der Waals surface area contributed by atoms with Crippen molar-refractivity contribution in [2.45, 2.75) is 44.3 Å². The first-order valence-electron chi connectivity index (χ1n) is 7.71. The highest BCUT2D eigenvalue weighted by molar-refractivity contribution is 7.99. The van der Waals surface area contributed by atoms with Gasteiger partial charge in [0.05, 0.1) is 11.7 Å². The summed E-state index contributed by atoms with van der Waals surface area (Å²) in [5.41, 5.74) is 2.45. The predicted octanol–water partition coefficient (Wildman–Crippen LogP) is 3.58. The predicted molar refractivity (Wildman–Crippen MR) is 84.1 cm³/mol. The molecule has 110 valence electrons. The highest BCUT2D eigenvalue weighted by Gasteiger charge is 2.42. The van der Waals surface area contributed by atoms with Gasteiger partial charge in [0.25, 0.3) is 0 Å². The second kappa shape index (κ2) is 6.08. The van der Waals surface area contributed by atoms with Crippen LogP contribution in [-0.2, 0) is 11.2 Å². The fraction of sp³-hybridized carbons (Fsp3) is 0.647. The third-order valence-electron chi connectivity index (χ3n) is 4.77. The Morgan fingerprint density at radius 3 is 2.85 bits per heavy atom. The minimum absolute atomic E-state index is 0.0535. The first kappa shape index (κ1) is 14.4. The van der Waals surface area contributed by atoms with Crippen molar-refractivity contribution in [3.8, 4) is 0 Å². The average molecular weight is 292 g/mol. The van der Waals surface area contributed by atoms with Crippen molar-refractivity contribution < 1.29 is 9.84 Å². The van der Waals surface area contributed by atoms with Gasteiger partial charge >= 0.3 is 0 Å². The molecule has 2 saturated heterocycles. The maximum Gasteiger partial charge on any atom is 0.0820 e. The lowest BCUT2D eigenvalue weighted by atomic mass is 9.80. The molecule has 0 aliphatic carbocycles. The lowest BCUT2D eigenvalue weighted by Crippen LogP contribution is -2.41. The van der Waals surface area contributed by atoms with E-state index in [1.165, 1.54) is 11.3 Å². The number of hydrogen-bond donors (Lipinski definition) is 1. The van der Waals surface area contributed by atoms with E-state index in [-0.39, 0.29) is 11.7 Å². The van der Waals surface area contributed by atoms with E-state index in [1.54, 1.807) is 0 Å². The monoisotopic (exact) mass is 292 g/mol. The Morgan fingerprint density at radius 2 is 2.20 bits per heavy atom. The second-order valence-electron chi connectivity index (χ2n) is 6.13. The molecule has 3 rings (SSSR count). The molecule has 3 heteroatoms. The zero-order valence-corrected chi connectivity index (χ0v) is 13.0. The molecule has 2 heterocycles. The SMILES string of the molecule is CCc1ccc(C(O)C2CCOC3(CCSC3)C2)cc1. The molecule has 0 radical (unpaired) electrons. The van der Waals surface area contributed by atoms with Gasteiger partial charge in [-0.05, 0) is 48.5 Å². The number of benzene rings is 1. The van der Waals surface area contributed by atoms with Crippen LogP contribution in [0.2, 0.25) is 0 Å². The van der Waals surface area contributed by atoms with Crippen LogP contribution >= 0.6 is 11.8 Å². The summed E-state index contributed by atoms with van der Waals surface area (Å²) in [5, 5.41) is 10.7. The van der Waals surface area contributed by atoms with Gasteiger partial charge in [-0.25, -0.2) is 0 Å². The molecule has 3 atom stereocenters. The van der Waals surface area contributed by atoms with Crippen LogP contribution in [-0.4, -0.2) is 28.8 Å². The first-order valence-corrected chi connectivity index (χ1v) is 8.86. The van der Waals surface area contributed by atoms with E-state index in [0.717, 1.165) is 43.6 Å². The van der Waals surface area contributed by atoms with Gasteiger partial charge in [0.1, 0.15) is 0 Å². The van der Waals surface area contributed by atoms with Gasteiger partial charge in [0, 0.05) is 12.4 Å². The van der Waals surface area contributed by atoms with Crippen LogP contribution in [0.3, 0.4) is 0 Å². The lowest BCUT2D eigenvalue weighted by molar-refractivity contribution is -0.102. The zero-order chi connectivity index (χ0) is 14.0. The summed E-state index contributed by atoms with van der Waals surface area (Å²) in [5.74, 6) is 2.65. The average Bonchev–Trinajstić information content (AvgIpc) is 2.94. The van der Waals surface area contributed by atoms with Crippen molar-refractivity contribution in [2.24, 2.45) is 5.92 Å². The quantitative estimate of drug-likeness (QED) is 0.923. The van der Waals surface area contributed by atoms with Crippen LogP contribution in [0.4, 0.5) is 0 Å². The summed E-state index contributed by atoms with van der Waals surface area (Å²) in [6.45, 7) is 2.96. The standard InChI is InChI=1S/C17H24O2S/c1-2-13-3-5-14(6-4-13)16(18)15-7-9-19-17(11-15)8-10-20-12-17/h3-6,15-16,18H,2,7-12H2,1H3. The van der Waals surface area contributed by atoms with Crippen LogP contribution in [0, 0.1) is 5.92 Å². The Bertz CT molecular complexity index is 437. The first-order chi connectivity index (χ1) is 9.72. The molecule has 2 aliphatic rings. The van der Waals surface area contributed by atoms with Gasteiger partial charge in [0.15, 0.2) is 0 Å². The molecule has 2 nitrogen and oxygen atoms in total. The van der Waals surface area contributed by atoms with Gasteiger partial charge < -0.3 is 9.84 Å². The van der Waals surface area contributed by atoms with Gasteiger partial charge in [-0.15, -0.1) is 0 Å². The number of ether oxygens (including phenoxy) is 1. The Hall–Kier alpha value is -0.510. The topological polar surface area (TPSA) is 29.5 Å². The minimum atomic E-state index is -0.340. The van der Waals surface area contributed by atoms with Gasteiger partial charge in [-0.3, -0.25) is 0 Å². The smallest absolute Gasteiger partial charge is 0.0820 e. The lowest BCUT2D eigenvalue weighted by Gasteiger charge is -2.39. The van der Waals surface area contributed by atoms with Gasteiger partial charge in [-0.2, -0.15) is 11.8 Å². The number of hydrogen-bond acceptors (Lipinski definition) is 3. The maximum atomic E-state index is 10.7. The molecule has 1 aromatic carbocycles. The Labute approximate surface area is 125 Å². The van der Waals surface area contributed by atoms with Crippen LogP contribution in [0.1, 0.15) is 43.4 Å². The van der Waals surface area contributed by atoms with Crippen molar-refractivity contribution in [1.82, 2.24) is 0 Å². The van der Waals surface area contributed by atoms with Crippen LogP contribution in [0.25, 0.3) is 0 Å². The second-order valence-corrected chi connectivity index (χ2v) is 7.23. The fourth-order valence-electron chi connectivity index (χ4n) is 3.42. The van der Waals surface area contributed by atoms with Gasteiger partial charge in [-0.1, -0.05) is 31.2 Å². The Kier molecular flexibility index (Phi) is 4.39. The third-order valence-corrected chi connectivity index (χ3v) is 6.00. The Morgan fingerprint density at radius 1 is 1.40 bits per heavy atom. The zero-order valence-electron chi connectivity index (χ0n) is 12.2. The number of aliphatic hydroxyl groups excluding tert-OH is 1. The highest BCUT2D eigenvalue weighted by Crippen LogP contribution is 2.43. The van der Waals surface area contributed by atoms with E-state index in [9.17, 15) is 5.11 Å². The number of thioether (sulfide) groups is 1. The summed E-state index contributed by atoms with van der Waals surface area (Å²) in [4.78, 5) is 0. The van der Waals surface area contributed by atoms with Crippen LogP contribution in [0.5, 0.6) is 0 Å². The summed E-state index contributed by atoms with van der Waals surface area (Å²) in [6.07, 6.45) is 3.84. The molecule has 0 saturated carbocycles. The number of aliphatic hydroxyl groups is 1. The highest BCUT2D eigenvalue weighted by atomic mass is 32.2. The molecule has 20 heavy (non-hydrogen) atoms. The van der Waals surface area contributed by atoms with Crippen molar-refractivity contribution >= 4 is 11.8 Å². The third kappa shape index (κ3) is 2.90. The van der Waals surface area contributed by atoms with Crippen LogP contribution in [0.15, 0.2) is 24.3 Å². The van der Waals surface area contributed by atoms with Crippen molar-refractivity contribution in [1.29, 1.82) is 0 Å². The summed E-state index contributed by atoms with van der Waals surface area (Å²) >= 11 is 1.99. The fourth-order valence-corrected chi connectivity index (χ4v) is 4.80. The van der Waals surface area contributed by atoms with E-state index >= 15 is 0 Å². The van der Waals surface area contributed by atoms with E-state index in [1.807, 2.05) is 11.8 Å². The molecule has 1 N–H and O–H groups in total. The summed E-state index contributed by atoms with van der Waals surface area (Å²) in [7, 11) is 0. The molecule has 2 fully saturated rings. The van der Waals surface area contributed by atoms with Crippen molar-refractivity contribution in [3.63, 3.8) is 0 Å². The molecular formula is C17H24O2S. The van der Waals surface area contributed by atoms with E-state index in [2.05, 4.69) is 31.2 Å². The normalized spacial score (nSPS) is 31.6. The molecule has 1 aromatic rings. The summed E-state index contributed by atoms with van der Waals surface area (Å²) < 4.78 is 6.05. The minimum Gasteiger partial charge on any atom is -0.388 e. The summed E-state index contributed by atoms with van der Waals surface area (Å²) in [6, 6.07) is 8.46. The largest absolute Gasteiger partial charge is 0.388 e. The number of rotatable bonds is 3.